The zero-order chi connectivity index (χ0) is 13.0. The van der Waals surface area contributed by atoms with Crippen LogP contribution in [0.15, 0.2) is 0 Å². The Labute approximate surface area is 105 Å². The van der Waals surface area contributed by atoms with Gasteiger partial charge in [0, 0.05) is 6.42 Å². The Bertz CT molecular complexity index is 272. The molecule has 0 spiro atoms. The molecule has 0 saturated carbocycles. The summed E-state index contributed by atoms with van der Waals surface area (Å²) in [5, 5.41) is 0. The summed E-state index contributed by atoms with van der Waals surface area (Å²) in [5.41, 5.74) is 0. The number of hydrogen-bond acceptors (Lipinski definition) is 4. The zero-order valence-corrected chi connectivity index (χ0v) is 11.4. The molecule has 5 heteroatoms. The predicted octanol–water partition coefficient (Wildman–Crippen LogP) is 2.58. The van der Waals surface area contributed by atoms with Crippen LogP contribution in [-0.4, -0.2) is 27.1 Å². The highest BCUT2D eigenvalue weighted by molar-refractivity contribution is 7.86. The van der Waals surface area contributed by atoms with E-state index in [9.17, 15) is 13.2 Å². The summed E-state index contributed by atoms with van der Waals surface area (Å²) in [6.07, 6.45) is 9.25. The molecule has 0 aliphatic rings. The van der Waals surface area contributed by atoms with Gasteiger partial charge in [0.2, 0.25) is 0 Å². The topological polar surface area (TPSA) is 60.4 Å². The second kappa shape index (κ2) is 10.7. The van der Waals surface area contributed by atoms with Crippen LogP contribution >= 0.6 is 0 Å². The molecule has 0 atom stereocenters. The van der Waals surface area contributed by atoms with Crippen LogP contribution in [0, 0.1) is 0 Å². The number of hydrogen-bond donors (Lipinski definition) is 0. The van der Waals surface area contributed by atoms with Crippen molar-refractivity contribution in [3.05, 3.63) is 0 Å². The van der Waals surface area contributed by atoms with E-state index in [4.69, 9.17) is 0 Å². The first kappa shape index (κ1) is 16.6. The minimum Gasteiger partial charge on any atom is -0.291 e. The zero-order valence-electron chi connectivity index (χ0n) is 10.6. The van der Waals surface area contributed by atoms with Crippen LogP contribution in [0.1, 0.15) is 58.3 Å². The third-order valence-corrected chi connectivity index (χ3v) is 3.85. The van der Waals surface area contributed by atoms with Crippen molar-refractivity contribution in [1.29, 1.82) is 0 Å². The minimum atomic E-state index is -3.28. The van der Waals surface area contributed by atoms with Crippen LogP contribution in [0.25, 0.3) is 0 Å². The Hall–Kier alpha value is -0.420. The highest BCUT2D eigenvalue weighted by Crippen LogP contribution is 2.09. The first-order valence-electron chi connectivity index (χ1n) is 6.34. The monoisotopic (exact) mass is 263 g/mol. The van der Waals surface area contributed by atoms with Gasteiger partial charge in [-0.1, -0.05) is 32.1 Å². The normalized spacial score (nSPS) is 11.6. The summed E-state index contributed by atoms with van der Waals surface area (Å²) < 4.78 is 27.0. The molecule has 0 aliphatic carbocycles. The van der Waals surface area contributed by atoms with Crippen LogP contribution in [0.4, 0.5) is 0 Å². The molecule has 4 nitrogen and oxygen atoms in total. The molecule has 0 unspecified atom stereocenters. The van der Waals surface area contributed by atoms with Crippen molar-refractivity contribution in [2.45, 2.75) is 58.3 Å². The van der Waals surface area contributed by atoms with Gasteiger partial charge in [0.05, 0.1) is 12.4 Å². The molecule has 0 bridgehead atoms. The third-order valence-electron chi connectivity index (χ3n) is 2.47. The molecule has 0 aromatic heterocycles. The Morgan fingerprint density at radius 2 is 1.47 bits per heavy atom. The van der Waals surface area contributed by atoms with Gasteiger partial charge in [-0.3, -0.25) is 8.98 Å². The second-order valence-corrected chi connectivity index (χ2v) is 5.80. The molecule has 1 radical (unpaired) electrons. The summed E-state index contributed by atoms with van der Waals surface area (Å²) in [6, 6.07) is 0. The SMILES string of the molecule is CCOS(=O)(=O)CCCCCCCCC[C]=O. The van der Waals surface area contributed by atoms with E-state index in [2.05, 4.69) is 4.18 Å². The average molecular weight is 263 g/mol. The maximum absolute atomic E-state index is 11.2. The Kier molecular flexibility index (Phi) is 10.5. The molecule has 0 heterocycles. The van der Waals surface area contributed by atoms with Crippen LogP contribution in [0.2, 0.25) is 0 Å². The molecule has 0 fully saturated rings. The van der Waals surface area contributed by atoms with Gasteiger partial charge in [0.15, 0.2) is 6.29 Å². The van der Waals surface area contributed by atoms with Gasteiger partial charge >= 0.3 is 0 Å². The van der Waals surface area contributed by atoms with Crippen molar-refractivity contribution in [2.24, 2.45) is 0 Å². The standard InChI is InChI=1S/C12H23O4S/c1-2-16-17(14,15)12-10-8-6-4-3-5-7-9-11-13/h2-10,12H2,1H3. The fourth-order valence-corrected chi connectivity index (χ4v) is 2.63. The van der Waals surface area contributed by atoms with Crippen LogP contribution < -0.4 is 0 Å². The summed E-state index contributed by atoms with van der Waals surface area (Å²) in [4.78, 5) is 9.93. The molecule has 17 heavy (non-hydrogen) atoms. The molecule has 0 amide bonds. The molecular weight excluding hydrogens is 240 g/mol. The van der Waals surface area contributed by atoms with E-state index in [1.165, 1.54) is 0 Å². The van der Waals surface area contributed by atoms with Gasteiger partial charge in [-0.05, 0) is 19.8 Å². The summed E-state index contributed by atoms with van der Waals surface area (Å²) >= 11 is 0. The lowest BCUT2D eigenvalue weighted by Gasteiger charge is -2.03. The highest BCUT2D eigenvalue weighted by atomic mass is 32.2. The first-order chi connectivity index (χ1) is 8.12. The maximum atomic E-state index is 11.2. The summed E-state index contributed by atoms with van der Waals surface area (Å²) in [7, 11) is -3.28. The predicted molar refractivity (Wildman–Crippen MR) is 68.0 cm³/mol. The quantitative estimate of drug-likeness (QED) is 0.401. The van der Waals surface area contributed by atoms with Crippen LogP contribution in [0.3, 0.4) is 0 Å². The molecule has 0 aliphatic heterocycles. The molecule has 0 saturated heterocycles. The fourth-order valence-electron chi connectivity index (χ4n) is 1.60. The van der Waals surface area contributed by atoms with E-state index in [0.29, 0.717) is 12.8 Å². The van der Waals surface area contributed by atoms with E-state index in [1.54, 1.807) is 6.92 Å². The molecule has 0 aromatic rings. The molecule has 0 rings (SSSR count). The van der Waals surface area contributed by atoms with Gasteiger partial charge in [0.1, 0.15) is 0 Å². The third kappa shape index (κ3) is 11.8. The molecular formula is C12H23O4S. The van der Waals surface area contributed by atoms with E-state index < -0.39 is 10.1 Å². The van der Waals surface area contributed by atoms with Crippen LogP contribution in [-0.2, 0) is 19.1 Å². The lowest BCUT2D eigenvalue weighted by molar-refractivity contribution is 0.337. The lowest BCUT2D eigenvalue weighted by atomic mass is 10.1. The van der Waals surface area contributed by atoms with E-state index in [-0.39, 0.29) is 12.4 Å². The Morgan fingerprint density at radius 3 is 2.00 bits per heavy atom. The van der Waals surface area contributed by atoms with Crippen molar-refractivity contribution >= 4 is 16.4 Å². The summed E-state index contributed by atoms with van der Waals surface area (Å²) in [6.45, 7) is 1.89. The van der Waals surface area contributed by atoms with E-state index >= 15 is 0 Å². The lowest BCUT2D eigenvalue weighted by Crippen LogP contribution is -2.10. The maximum Gasteiger partial charge on any atom is 0.267 e. The van der Waals surface area contributed by atoms with Crippen molar-refractivity contribution in [1.82, 2.24) is 0 Å². The van der Waals surface area contributed by atoms with Gasteiger partial charge in [-0.25, -0.2) is 0 Å². The average Bonchev–Trinajstić information content (AvgIpc) is 2.27. The van der Waals surface area contributed by atoms with Crippen molar-refractivity contribution < 1.29 is 17.4 Å². The number of carbonyl (C=O) groups excluding carboxylic acids is 1. The van der Waals surface area contributed by atoms with Gasteiger partial charge in [0.25, 0.3) is 10.1 Å². The number of unbranched alkanes of at least 4 members (excludes halogenated alkanes) is 7. The second-order valence-electron chi connectivity index (χ2n) is 4.04. The van der Waals surface area contributed by atoms with E-state index in [1.807, 2.05) is 6.29 Å². The van der Waals surface area contributed by atoms with Gasteiger partial charge in [-0.15, -0.1) is 0 Å². The van der Waals surface area contributed by atoms with Gasteiger partial charge in [-0.2, -0.15) is 8.42 Å². The summed E-state index contributed by atoms with van der Waals surface area (Å²) in [5.74, 6) is 0.126. The molecule has 101 valence electrons. The molecule has 0 aromatic carbocycles. The van der Waals surface area contributed by atoms with Crippen LogP contribution in [0.5, 0.6) is 0 Å². The van der Waals surface area contributed by atoms with Crippen molar-refractivity contribution in [3.63, 3.8) is 0 Å². The van der Waals surface area contributed by atoms with Gasteiger partial charge < -0.3 is 0 Å². The Morgan fingerprint density at radius 1 is 0.941 bits per heavy atom. The largest absolute Gasteiger partial charge is 0.291 e. The van der Waals surface area contributed by atoms with E-state index in [0.717, 1.165) is 38.5 Å². The first-order valence-corrected chi connectivity index (χ1v) is 7.92. The smallest absolute Gasteiger partial charge is 0.267 e. The minimum absolute atomic E-state index is 0.126. The van der Waals surface area contributed by atoms with Crippen molar-refractivity contribution in [2.75, 3.05) is 12.4 Å². The number of rotatable bonds is 12. The molecule has 0 N–H and O–H groups in total. The highest BCUT2D eigenvalue weighted by Gasteiger charge is 2.08. The van der Waals surface area contributed by atoms with Crippen molar-refractivity contribution in [3.8, 4) is 0 Å². The Balaban J connectivity index is 3.26. The fraction of sp³-hybridized carbons (Fsp3) is 0.917.